The first kappa shape index (κ1) is 16.2. The van der Waals surface area contributed by atoms with Crippen molar-refractivity contribution in [2.75, 3.05) is 11.9 Å². The quantitative estimate of drug-likeness (QED) is 0.528. The molecule has 0 aliphatic heterocycles. The van der Waals surface area contributed by atoms with Gasteiger partial charge in [0.25, 0.3) is 5.91 Å². The van der Waals surface area contributed by atoms with Crippen LogP contribution in [0.25, 0.3) is 21.7 Å². The van der Waals surface area contributed by atoms with Crippen LogP contribution in [0.15, 0.2) is 65.1 Å². The fraction of sp³-hybridized carbons (Fsp3) is 0.136. The van der Waals surface area contributed by atoms with Crippen LogP contribution in [0.2, 0.25) is 0 Å². The van der Waals surface area contributed by atoms with Gasteiger partial charge in [0.2, 0.25) is 0 Å². The summed E-state index contributed by atoms with van der Waals surface area (Å²) in [4.78, 5) is 12.7. The Morgan fingerprint density at radius 1 is 1.00 bits per heavy atom. The number of anilines is 1. The van der Waals surface area contributed by atoms with Gasteiger partial charge in [-0.05, 0) is 43.5 Å². The lowest BCUT2D eigenvalue weighted by Crippen LogP contribution is -2.12. The molecule has 4 heteroatoms. The van der Waals surface area contributed by atoms with Gasteiger partial charge in [0.15, 0.2) is 5.76 Å². The lowest BCUT2D eigenvalue weighted by molar-refractivity contribution is 0.0998. The standard InChI is InChI=1S/C22H19NO3/c1-3-25-17-11-9-16(10-12-17)23-22(24)20-14(2)18-13-8-15-6-4-5-7-19(15)21(18)26-20/h4-13H,3H2,1-2H3,(H,23,24). The van der Waals surface area contributed by atoms with Crippen LogP contribution in [-0.4, -0.2) is 12.5 Å². The van der Waals surface area contributed by atoms with Crippen LogP contribution in [0, 0.1) is 6.92 Å². The maximum atomic E-state index is 12.7. The first-order valence-electron chi connectivity index (χ1n) is 8.62. The van der Waals surface area contributed by atoms with E-state index in [0.29, 0.717) is 18.1 Å². The highest BCUT2D eigenvalue weighted by Crippen LogP contribution is 2.32. The summed E-state index contributed by atoms with van der Waals surface area (Å²) < 4.78 is 11.4. The van der Waals surface area contributed by atoms with Crippen molar-refractivity contribution in [3.8, 4) is 5.75 Å². The molecule has 1 aromatic heterocycles. The van der Waals surface area contributed by atoms with Crippen molar-refractivity contribution in [2.45, 2.75) is 13.8 Å². The Labute approximate surface area is 151 Å². The summed E-state index contributed by atoms with van der Waals surface area (Å²) in [5, 5.41) is 5.95. The zero-order valence-corrected chi connectivity index (χ0v) is 14.7. The Kier molecular flexibility index (Phi) is 4.09. The van der Waals surface area contributed by atoms with Gasteiger partial charge < -0.3 is 14.5 Å². The maximum Gasteiger partial charge on any atom is 0.291 e. The Balaban J connectivity index is 1.68. The number of fused-ring (bicyclic) bond motifs is 3. The number of carbonyl (C=O) groups is 1. The molecule has 26 heavy (non-hydrogen) atoms. The molecule has 4 rings (SSSR count). The fourth-order valence-corrected chi connectivity index (χ4v) is 3.15. The van der Waals surface area contributed by atoms with Crippen LogP contribution in [0.1, 0.15) is 23.0 Å². The molecule has 1 N–H and O–H groups in total. The highest BCUT2D eigenvalue weighted by Gasteiger charge is 2.19. The number of carbonyl (C=O) groups excluding carboxylic acids is 1. The topological polar surface area (TPSA) is 51.5 Å². The van der Waals surface area contributed by atoms with E-state index in [0.717, 1.165) is 33.1 Å². The average molecular weight is 345 g/mol. The lowest BCUT2D eigenvalue weighted by Gasteiger charge is -2.06. The minimum Gasteiger partial charge on any atom is -0.494 e. The van der Waals surface area contributed by atoms with Gasteiger partial charge in [0.05, 0.1) is 6.61 Å². The molecule has 0 radical (unpaired) electrons. The molecule has 1 amide bonds. The predicted molar refractivity (Wildman–Crippen MR) is 104 cm³/mol. The molecular weight excluding hydrogens is 326 g/mol. The second kappa shape index (κ2) is 6.56. The normalized spacial score (nSPS) is 11.0. The summed E-state index contributed by atoms with van der Waals surface area (Å²) in [6.45, 7) is 4.45. The zero-order chi connectivity index (χ0) is 18.1. The second-order valence-corrected chi connectivity index (χ2v) is 6.13. The van der Waals surface area contributed by atoms with Crippen LogP contribution < -0.4 is 10.1 Å². The van der Waals surface area contributed by atoms with Crippen molar-refractivity contribution in [1.29, 1.82) is 0 Å². The number of rotatable bonds is 4. The number of amides is 1. The number of aryl methyl sites for hydroxylation is 1. The first-order valence-corrected chi connectivity index (χ1v) is 8.62. The molecule has 0 unspecified atom stereocenters. The Hall–Kier alpha value is -3.27. The summed E-state index contributed by atoms with van der Waals surface area (Å²) in [6.07, 6.45) is 0. The van der Waals surface area contributed by atoms with E-state index in [1.54, 1.807) is 0 Å². The zero-order valence-electron chi connectivity index (χ0n) is 14.7. The molecule has 130 valence electrons. The highest BCUT2D eigenvalue weighted by molar-refractivity contribution is 6.11. The first-order chi connectivity index (χ1) is 12.7. The number of ether oxygens (including phenoxy) is 1. The number of hydrogen-bond donors (Lipinski definition) is 1. The van der Waals surface area contributed by atoms with Crippen molar-refractivity contribution in [3.05, 3.63) is 72.0 Å². The van der Waals surface area contributed by atoms with Gasteiger partial charge in [0, 0.05) is 22.0 Å². The molecule has 0 saturated heterocycles. The molecule has 0 spiro atoms. The van der Waals surface area contributed by atoms with E-state index in [1.807, 2.05) is 74.5 Å². The third kappa shape index (κ3) is 2.80. The summed E-state index contributed by atoms with van der Waals surface area (Å²) >= 11 is 0. The average Bonchev–Trinajstić information content (AvgIpc) is 3.01. The minimum atomic E-state index is -0.257. The summed E-state index contributed by atoms with van der Waals surface area (Å²) in [6, 6.07) is 19.4. The molecule has 4 nitrogen and oxygen atoms in total. The number of hydrogen-bond acceptors (Lipinski definition) is 3. The molecule has 1 heterocycles. The van der Waals surface area contributed by atoms with E-state index >= 15 is 0 Å². The summed E-state index contributed by atoms with van der Waals surface area (Å²) in [5.41, 5.74) is 2.29. The number of benzene rings is 3. The third-order valence-corrected chi connectivity index (χ3v) is 4.46. The molecule has 4 aromatic rings. The van der Waals surface area contributed by atoms with Crippen molar-refractivity contribution < 1.29 is 13.9 Å². The summed E-state index contributed by atoms with van der Waals surface area (Å²) in [5.74, 6) is 0.856. The van der Waals surface area contributed by atoms with Crippen molar-refractivity contribution in [3.63, 3.8) is 0 Å². The van der Waals surface area contributed by atoms with Crippen LogP contribution >= 0.6 is 0 Å². The Bertz CT molecular complexity index is 1090. The molecule has 0 saturated carbocycles. The second-order valence-electron chi connectivity index (χ2n) is 6.13. The maximum absolute atomic E-state index is 12.7. The lowest BCUT2D eigenvalue weighted by atomic mass is 10.1. The molecule has 3 aromatic carbocycles. The summed E-state index contributed by atoms with van der Waals surface area (Å²) in [7, 11) is 0. The highest BCUT2D eigenvalue weighted by atomic mass is 16.5. The fourth-order valence-electron chi connectivity index (χ4n) is 3.15. The Morgan fingerprint density at radius 2 is 1.77 bits per heavy atom. The van der Waals surface area contributed by atoms with E-state index < -0.39 is 0 Å². The van der Waals surface area contributed by atoms with Crippen LogP contribution in [0.3, 0.4) is 0 Å². The number of furan rings is 1. The molecular formula is C22H19NO3. The van der Waals surface area contributed by atoms with E-state index in [9.17, 15) is 4.79 Å². The van der Waals surface area contributed by atoms with E-state index in [1.165, 1.54) is 0 Å². The monoisotopic (exact) mass is 345 g/mol. The number of nitrogens with one attached hydrogen (secondary N) is 1. The predicted octanol–water partition coefficient (Wildman–Crippen LogP) is 5.55. The van der Waals surface area contributed by atoms with Crippen LogP contribution in [0.4, 0.5) is 5.69 Å². The van der Waals surface area contributed by atoms with Gasteiger partial charge >= 0.3 is 0 Å². The van der Waals surface area contributed by atoms with Gasteiger partial charge in [-0.3, -0.25) is 4.79 Å². The van der Waals surface area contributed by atoms with E-state index in [2.05, 4.69) is 5.32 Å². The van der Waals surface area contributed by atoms with Gasteiger partial charge in [-0.15, -0.1) is 0 Å². The third-order valence-electron chi connectivity index (χ3n) is 4.46. The van der Waals surface area contributed by atoms with E-state index in [-0.39, 0.29) is 5.91 Å². The van der Waals surface area contributed by atoms with Gasteiger partial charge in [-0.25, -0.2) is 0 Å². The van der Waals surface area contributed by atoms with Gasteiger partial charge in [0.1, 0.15) is 11.3 Å². The van der Waals surface area contributed by atoms with Crippen LogP contribution in [0.5, 0.6) is 5.75 Å². The molecule has 0 aliphatic carbocycles. The molecule has 0 bridgehead atoms. The Morgan fingerprint density at radius 3 is 2.54 bits per heavy atom. The molecule has 0 fully saturated rings. The minimum absolute atomic E-state index is 0.257. The largest absolute Gasteiger partial charge is 0.494 e. The molecule has 0 atom stereocenters. The van der Waals surface area contributed by atoms with Crippen molar-refractivity contribution in [2.24, 2.45) is 0 Å². The smallest absolute Gasteiger partial charge is 0.291 e. The van der Waals surface area contributed by atoms with Gasteiger partial charge in [-0.2, -0.15) is 0 Å². The van der Waals surface area contributed by atoms with Crippen molar-refractivity contribution >= 4 is 33.3 Å². The van der Waals surface area contributed by atoms with E-state index in [4.69, 9.17) is 9.15 Å². The SMILES string of the molecule is CCOc1ccc(NC(=O)c2oc3c(ccc4ccccc43)c2C)cc1. The van der Waals surface area contributed by atoms with Crippen LogP contribution in [-0.2, 0) is 0 Å². The van der Waals surface area contributed by atoms with Gasteiger partial charge in [-0.1, -0.05) is 36.4 Å². The van der Waals surface area contributed by atoms with Crippen molar-refractivity contribution in [1.82, 2.24) is 0 Å². The molecule has 0 aliphatic rings.